The Labute approximate surface area is 326 Å². The number of nitrogens with two attached hydrogens (primary N) is 1. The Kier molecular flexibility index (Phi) is 14.2. The molecule has 56 heavy (non-hydrogen) atoms. The molecule has 6 rings (SSSR count). The Hall–Kier alpha value is -4.25. The molecule has 0 spiro atoms. The first-order valence-electron chi connectivity index (χ1n) is 19.8. The number of hydrogen-bond donors (Lipinski definition) is 3. The number of pyridine rings is 2. The third-order valence-electron chi connectivity index (χ3n) is 11.0. The first-order chi connectivity index (χ1) is 27.2. The van der Waals surface area contributed by atoms with Gasteiger partial charge in [0.1, 0.15) is 12.4 Å². The summed E-state index contributed by atoms with van der Waals surface area (Å²) in [5.41, 5.74) is 7.46. The molecule has 2 aliphatic heterocycles. The Morgan fingerprint density at radius 1 is 0.946 bits per heavy atom. The van der Waals surface area contributed by atoms with E-state index in [1.807, 2.05) is 19.1 Å². The Bertz CT molecular complexity index is 1940. The monoisotopic (exact) mass is 778 g/mol. The van der Waals surface area contributed by atoms with Crippen LogP contribution in [-0.2, 0) is 63.2 Å². The number of amides is 1. The van der Waals surface area contributed by atoms with Gasteiger partial charge in [-0.3, -0.25) is 14.4 Å². The van der Waals surface area contributed by atoms with Gasteiger partial charge in [0, 0.05) is 36.0 Å². The summed E-state index contributed by atoms with van der Waals surface area (Å²) in [5, 5.41) is 15.0. The maximum absolute atomic E-state index is 13.7. The predicted octanol–water partition coefficient (Wildman–Crippen LogP) is 2.89. The van der Waals surface area contributed by atoms with E-state index in [4.69, 9.17) is 39.1 Å². The van der Waals surface area contributed by atoms with E-state index in [0.717, 1.165) is 29.4 Å². The molecular formula is C41H54N4O11. The molecule has 4 N–H and O–H groups in total. The lowest BCUT2D eigenvalue weighted by Crippen LogP contribution is -2.44. The molecule has 3 aromatic rings. The summed E-state index contributed by atoms with van der Waals surface area (Å²) in [6.45, 7) is 8.48. The number of esters is 2. The highest BCUT2D eigenvalue weighted by atomic mass is 16.6. The highest BCUT2D eigenvalue weighted by Crippen LogP contribution is 2.41. The van der Waals surface area contributed by atoms with Crippen LogP contribution in [0, 0.1) is 11.8 Å². The second kappa shape index (κ2) is 19.3. The van der Waals surface area contributed by atoms with Gasteiger partial charge in [0.2, 0.25) is 5.91 Å². The lowest BCUT2D eigenvalue weighted by Gasteiger charge is -2.31. The van der Waals surface area contributed by atoms with Crippen LogP contribution in [0.25, 0.3) is 22.3 Å². The van der Waals surface area contributed by atoms with E-state index in [2.05, 4.69) is 5.32 Å². The lowest BCUT2D eigenvalue weighted by atomic mass is 9.82. The number of rotatable bonds is 20. The maximum Gasteiger partial charge on any atom is 0.343 e. The minimum absolute atomic E-state index is 0.0644. The number of hydrogen-bond acceptors (Lipinski definition) is 13. The summed E-state index contributed by atoms with van der Waals surface area (Å²) < 4.78 is 34.3. The van der Waals surface area contributed by atoms with Crippen molar-refractivity contribution >= 4 is 28.7 Å². The van der Waals surface area contributed by atoms with Gasteiger partial charge in [-0.25, -0.2) is 9.78 Å². The van der Waals surface area contributed by atoms with Crippen LogP contribution < -0.4 is 21.3 Å². The van der Waals surface area contributed by atoms with Crippen LogP contribution in [0.5, 0.6) is 5.75 Å². The Balaban J connectivity index is 0.950. The number of fused-ring (bicyclic) bond motifs is 5. The summed E-state index contributed by atoms with van der Waals surface area (Å²) in [4.78, 5) is 56.8. The van der Waals surface area contributed by atoms with Gasteiger partial charge in [-0.15, -0.1) is 0 Å². The third-order valence-corrected chi connectivity index (χ3v) is 11.0. The molecule has 15 heteroatoms. The number of aromatic nitrogens is 2. The molecule has 1 aliphatic carbocycles. The van der Waals surface area contributed by atoms with Crippen LogP contribution in [0.3, 0.4) is 0 Å². The van der Waals surface area contributed by atoms with Gasteiger partial charge in [0.05, 0.1) is 87.8 Å². The fourth-order valence-corrected chi connectivity index (χ4v) is 7.77. The third kappa shape index (κ3) is 9.30. The van der Waals surface area contributed by atoms with Crippen LogP contribution in [0.1, 0.15) is 74.6 Å². The number of aliphatic hydroxyl groups is 1. The van der Waals surface area contributed by atoms with Crippen LogP contribution in [0.2, 0.25) is 0 Å². The average molecular weight is 779 g/mol. The molecule has 1 aromatic carbocycles. The minimum atomic E-state index is -1.89. The predicted molar refractivity (Wildman–Crippen MR) is 205 cm³/mol. The molecule has 1 unspecified atom stereocenters. The van der Waals surface area contributed by atoms with Crippen molar-refractivity contribution in [3.05, 3.63) is 56.9 Å². The number of benzene rings is 1. The van der Waals surface area contributed by atoms with E-state index in [0.29, 0.717) is 120 Å². The molecule has 0 saturated heterocycles. The largest absolute Gasteiger partial charge is 0.458 e. The zero-order valence-corrected chi connectivity index (χ0v) is 32.4. The van der Waals surface area contributed by atoms with Crippen LogP contribution in [0.4, 0.5) is 0 Å². The van der Waals surface area contributed by atoms with Crippen LogP contribution in [-0.4, -0.2) is 98.4 Å². The van der Waals surface area contributed by atoms with Crippen molar-refractivity contribution in [2.24, 2.45) is 17.6 Å². The van der Waals surface area contributed by atoms with Gasteiger partial charge in [-0.05, 0) is 74.3 Å². The average Bonchev–Trinajstić information content (AvgIpc) is 3.58. The van der Waals surface area contributed by atoms with E-state index >= 15 is 0 Å². The normalized spacial score (nSPS) is 20.0. The summed E-state index contributed by atoms with van der Waals surface area (Å²) in [5.74, 6) is -0.604. The highest BCUT2D eigenvalue weighted by Gasteiger charge is 2.45. The first kappa shape index (κ1) is 41.4. The zero-order chi connectivity index (χ0) is 39.7. The van der Waals surface area contributed by atoms with Crippen molar-refractivity contribution < 1.29 is 47.9 Å². The van der Waals surface area contributed by atoms with Crippen molar-refractivity contribution in [2.75, 3.05) is 65.9 Å². The smallest absolute Gasteiger partial charge is 0.343 e. The molecule has 0 radical (unpaired) electrons. The van der Waals surface area contributed by atoms with E-state index in [-0.39, 0.29) is 53.9 Å². The van der Waals surface area contributed by atoms with Crippen LogP contribution in [0.15, 0.2) is 29.1 Å². The molecule has 15 nitrogen and oxygen atoms in total. The molecule has 304 valence electrons. The number of carbonyl (C=O) groups is 3. The van der Waals surface area contributed by atoms with Crippen molar-refractivity contribution in [3.8, 4) is 17.1 Å². The fourth-order valence-electron chi connectivity index (χ4n) is 7.77. The van der Waals surface area contributed by atoms with Gasteiger partial charge in [0.15, 0.2) is 5.60 Å². The van der Waals surface area contributed by atoms with Gasteiger partial charge in [-0.1, -0.05) is 13.8 Å². The SMILES string of the molecule is CCc1c2c(nc3ccc(OC(=O)C4CCC(CNC(=O)CCOCCOCCOCCOCCN)CC4)cc13)-c1cc3c(c(=O)n1C2)COC(=O)C3(O)CC. The number of ether oxygens (including phenoxy) is 6. The number of nitrogens with one attached hydrogen (secondary N) is 1. The minimum Gasteiger partial charge on any atom is -0.458 e. The van der Waals surface area contributed by atoms with Crippen molar-refractivity contribution in [2.45, 2.75) is 77.5 Å². The number of cyclic esters (lactones) is 1. The molecule has 4 heterocycles. The first-order valence-corrected chi connectivity index (χ1v) is 19.8. The molecule has 1 saturated carbocycles. The van der Waals surface area contributed by atoms with Gasteiger partial charge in [0.25, 0.3) is 5.56 Å². The summed E-state index contributed by atoms with van der Waals surface area (Å²) >= 11 is 0. The Morgan fingerprint density at radius 2 is 1.62 bits per heavy atom. The van der Waals surface area contributed by atoms with E-state index < -0.39 is 11.6 Å². The number of nitrogens with zero attached hydrogens (tertiary/aromatic N) is 2. The van der Waals surface area contributed by atoms with Crippen molar-refractivity contribution in [1.29, 1.82) is 0 Å². The summed E-state index contributed by atoms with van der Waals surface area (Å²) in [6, 6.07) is 7.10. The molecule has 1 atom stereocenters. The van der Waals surface area contributed by atoms with Gasteiger partial charge in [-0.2, -0.15) is 0 Å². The van der Waals surface area contributed by atoms with E-state index in [1.54, 1.807) is 23.6 Å². The van der Waals surface area contributed by atoms with Crippen molar-refractivity contribution in [3.63, 3.8) is 0 Å². The molecule has 2 aromatic heterocycles. The second-order valence-electron chi connectivity index (χ2n) is 14.5. The molecule has 1 fully saturated rings. The van der Waals surface area contributed by atoms with E-state index in [1.165, 1.54) is 0 Å². The van der Waals surface area contributed by atoms with Crippen LogP contribution >= 0.6 is 0 Å². The quantitative estimate of drug-likeness (QED) is 0.0673. The Morgan fingerprint density at radius 3 is 2.29 bits per heavy atom. The molecular weight excluding hydrogens is 724 g/mol. The van der Waals surface area contributed by atoms with E-state index in [9.17, 15) is 24.3 Å². The van der Waals surface area contributed by atoms with Crippen molar-refractivity contribution in [1.82, 2.24) is 14.9 Å². The highest BCUT2D eigenvalue weighted by molar-refractivity contribution is 5.90. The lowest BCUT2D eigenvalue weighted by molar-refractivity contribution is -0.172. The fraction of sp³-hybridized carbons (Fsp3) is 0.585. The second-order valence-corrected chi connectivity index (χ2v) is 14.5. The summed E-state index contributed by atoms with van der Waals surface area (Å²) in [6.07, 6.45) is 3.97. The van der Waals surface area contributed by atoms with Gasteiger partial charge < -0.3 is 49.1 Å². The zero-order valence-electron chi connectivity index (χ0n) is 32.4. The molecule has 1 amide bonds. The molecule has 0 bridgehead atoms. The summed E-state index contributed by atoms with van der Waals surface area (Å²) in [7, 11) is 0. The number of carbonyl (C=O) groups excluding carboxylic acids is 3. The standard InChI is InChI=1S/C41H54N4O11/c1-3-29-30-21-28(9-10-34(30)44-37-31(29)24-45-35(37)22-33-32(38(45)47)25-55-40(49)41(33,50)4-2)56-39(48)27-7-5-26(6-8-27)23-43-36(46)11-13-51-15-17-53-19-20-54-18-16-52-14-12-42/h9-10,21-22,26-27,50H,3-8,11-20,23-25,42H2,1-2H3,(H,43,46). The molecule has 3 aliphatic rings. The maximum atomic E-state index is 13.7. The topological polar surface area (TPSA) is 200 Å². The van der Waals surface area contributed by atoms with Gasteiger partial charge >= 0.3 is 11.9 Å². The number of aryl methyl sites for hydroxylation is 1.